The van der Waals surface area contributed by atoms with Gasteiger partial charge in [0.15, 0.2) is 5.78 Å². The van der Waals surface area contributed by atoms with Crippen LogP contribution in [0.5, 0.6) is 0 Å². The van der Waals surface area contributed by atoms with Gasteiger partial charge in [-0.15, -0.1) is 0 Å². The molecule has 1 unspecified atom stereocenters. The topological polar surface area (TPSA) is 52.3 Å². The maximum Gasteiger partial charge on any atom is 0.153 e. The van der Waals surface area contributed by atoms with Crippen LogP contribution < -0.4 is 5.73 Å². The summed E-state index contributed by atoms with van der Waals surface area (Å²) >= 11 is 0. The van der Waals surface area contributed by atoms with Gasteiger partial charge in [-0.05, 0) is 23.0 Å². The van der Waals surface area contributed by atoms with Crippen molar-refractivity contribution in [2.45, 2.75) is 45.1 Å². The summed E-state index contributed by atoms with van der Waals surface area (Å²) in [4.78, 5) is 11.9. The molecule has 0 aromatic heterocycles. The fraction of sp³-hybridized carbons (Fsp3) is 0.562. The van der Waals surface area contributed by atoms with Gasteiger partial charge in [0.1, 0.15) is 0 Å². The SMILES string of the molecule is COCCC(N)C(=O)Cc1ccc(C(C)(C)C)cc1. The minimum atomic E-state index is -0.428. The Labute approximate surface area is 116 Å². The molecule has 0 saturated heterocycles. The molecule has 3 nitrogen and oxygen atoms in total. The second kappa shape index (κ2) is 6.83. The monoisotopic (exact) mass is 263 g/mol. The molecule has 0 fully saturated rings. The number of ether oxygens (including phenoxy) is 1. The van der Waals surface area contributed by atoms with E-state index in [9.17, 15) is 4.79 Å². The highest BCUT2D eigenvalue weighted by Crippen LogP contribution is 2.22. The second-order valence-corrected chi connectivity index (χ2v) is 5.98. The molecule has 0 aliphatic heterocycles. The number of Topliss-reactive ketones (excluding diaryl/α,β-unsaturated/α-hetero) is 1. The Balaban J connectivity index is 2.60. The quantitative estimate of drug-likeness (QED) is 0.857. The third-order valence-electron chi connectivity index (χ3n) is 3.24. The van der Waals surface area contributed by atoms with Crippen molar-refractivity contribution >= 4 is 5.78 Å². The van der Waals surface area contributed by atoms with Gasteiger partial charge in [-0.3, -0.25) is 4.79 Å². The Morgan fingerprint density at radius 2 is 1.84 bits per heavy atom. The van der Waals surface area contributed by atoms with Gasteiger partial charge in [0.25, 0.3) is 0 Å². The Hall–Kier alpha value is -1.19. The summed E-state index contributed by atoms with van der Waals surface area (Å²) in [6.07, 6.45) is 0.977. The molecule has 2 N–H and O–H groups in total. The van der Waals surface area contributed by atoms with Gasteiger partial charge in [-0.1, -0.05) is 45.0 Å². The minimum Gasteiger partial charge on any atom is -0.385 e. The molecule has 0 bridgehead atoms. The molecule has 0 amide bonds. The number of ketones is 1. The van der Waals surface area contributed by atoms with Gasteiger partial charge < -0.3 is 10.5 Å². The normalized spacial score (nSPS) is 13.3. The first-order valence-electron chi connectivity index (χ1n) is 6.71. The maximum atomic E-state index is 11.9. The van der Waals surface area contributed by atoms with Crippen molar-refractivity contribution in [3.05, 3.63) is 35.4 Å². The van der Waals surface area contributed by atoms with Crippen molar-refractivity contribution in [1.82, 2.24) is 0 Å². The number of rotatable bonds is 6. The lowest BCUT2D eigenvalue weighted by atomic mass is 9.86. The predicted octanol–water partition coefficient (Wildman–Crippen LogP) is 2.46. The van der Waals surface area contributed by atoms with Gasteiger partial charge in [0.05, 0.1) is 6.04 Å². The molecule has 0 heterocycles. The molecule has 1 atom stereocenters. The number of carbonyl (C=O) groups excluding carboxylic acids is 1. The molecular formula is C16H25NO2. The molecule has 106 valence electrons. The van der Waals surface area contributed by atoms with E-state index in [4.69, 9.17) is 10.5 Å². The van der Waals surface area contributed by atoms with Crippen molar-refractivity contribution in [3.63, 3.8) is 0 Å². The number of nitrogens with two attached hydrogens (primary N) is 1. The predicted molar refractivity (Wildman–Crippen MR) is 78.3 cm³/mol. The molecule has 1 rings (SSSR count). The third kappa shape index (κ3) is 5.13. The number of methoxy groups -OCH3 is 1. The van der Waals surface area contributed by atoms with Crippen LogP contribution in [0.25, 0.3) is 0 Å². The fourth-order valence-corrected chi connectivity index (χ4v) is 1.86. The lowest BCUT2D eigenvalue weighted by Crippen LogP contribution is -2.32. The molecule has 0 aliphatic rings. The smallest absolute Gasteiger partial charge is 0.153 e. The van der Waals surface area contributed by atoms with Gasteiger partial charge >= 0.3 is 0 Å². The van der Waals surface area contributed by atoms with Crippen molar-refractivity contribution in [2.75, 3.05) is 13.7 Å². The third-order valence-corrected chi connectivity index (χ3v) is 3.24. The van der Waals surface area contributed by atoms with Crippen molar-refractivity contribution in [1.29, 1.82) is 0 Å². The Morgan fingerprint density at radius 1 is 1.26 bits per heavy atom. The first-order chi connectivity index (χ1) is 8.84. The van der Waals surface area contributed by atoms with Crippen molar-refractivity contribution < 1.29 is 9.53 Å². The second-order valence-electron chi connectivity index (χ2n) is 5.98. The average molecular weight is 263 g/mol. The number of benzene rings is 1. The first-order valence-corrected chi connectivity index (χ1v) is 6.71. The van der Waals surface area contributed by atoms with E-state index in [-0.39, 0.29) is 11.2 Å². The Morgan fingerprint density at radius 3 is 2.32 bits per heavy atom. The van der Waals surface area contributed by atoms with Crippen LogP contribution in [0.15, 0.2) is 24.3 Å². The van der Waals surface area contributed by atoms with Crippen LogP contribution in [0, 0.1) is 0 Å². The number of hydrogen-bond acceptors (Lipinski definition) is 3. The summed E-state index contributed by atoms with van der Waals surface area (Å²) in [5, 5.41) is 0. The summed E-state index contributed by atoms with van der Waals surface area (Å²) < 4.78 is 4.93. The summed E-state index contributed by atoms with van der Waals surface area (Å²) in [7, 11) is 1.61. The highest BCUT2D eigenvalue weighted by molar-refractivity contribution is 5.85. The summed E-state index contributed by atoms with van der Waals surface area (Å²) in [6, 6.07) is 7.78. The lowest BCUT2D eigenvalue weighted by molar-refractivity contribution is -0.120. The molecule has 1 aromatic carbocycles. The highest BCUT2D eigenvalue weighted by Gasteiger charge is 2.15. The van der Waals surface area contributed by atoms with Gasteiger partial charge in [-0.2, -0.15) is 0 Å². The zero-order valence-electron chi connectivity index (χ0n) is 12.4. The average Bonchev–Trinajstić information content (AvgIpc) is 2.35. The van der Waals surface area contributed by atoms with E-state index >= 15 is 0 Å². The zero-order chi connectivity index (χ0) is 14.5. The summed E-state index contributed by atoms with van der Waals surface area (Å²) in [6.45, 7) is 7.05. The summed E-state index contributed by atoms with van der Waals surface area (Å²) in [5.74, 6) is 0.0700. The van der Waals surface area contributed by atoms with Gasteiger partial charge in [0, 0.05) is 20.1 Å². The van der Waals surface area contributed by atoms with Crippen molar-refractivity contribution in [2.24, 2.45) is 5.73 Å². The van der Waals surface area contributed by atoms with Crippen LogP contribution in [0.2, 0.25) is 0 Å². The van der Waals surface area contributed by atoms with Crippen LogP contribution in [-0.4, -0.2) is 25.5 Å². The van der Waals surface area contributed by atoms with Crippen molar-refractivity contribution in [3.8, 4) is 0 Å². The lowest BCUT2D eigenvalue weighted by Gasteiger charge is -2.19. The molecule has 3 heteroatoms. The minimum absolute atomic E-state index is 0.0700. The first kappa shape index (κ1) is 15.9. The van der Waals surface area contributed by atoms with Gasteiger partial charge in [-0.25, -0.2) is 0 Å². The van der Waals surface area contributed by atoms with Crippen LogP contribution in [0.3, 0.4) is 0 Å². The number of carbonyl (C=O) groups is 1. The van der Waals surface area contributed by atoms with E-state index < -0.39 is 6.04 Å². The molecule has 0 spiro atoms. The van der Waals surface area contributed by atoms with E-state index in [1.807, 2.05) is 12.1 Å². The molecule has 0 aliphatic carbocycles. The van der Waals surface area contributed by atoms with Gasteiger partial charge in [0.2, 0.25) is 0 Å². The number of hydrogen-bond donors (Lipinski definition) is 1. The van der Waals surface area contributed by atoms with Crippen LogP contribution in [-0.2, 0) is 21.4 Å². The van der Waals surface area contributed by atoms with Crippen LogP contribution in [0.4, 0.5) is 0 Å². The fourth-order valence-electron chi connectivity index (χ4n) is 1.86. The largest absolute Gasteiger partial charge is 0.385 e. The molecule has 1 aromatic rings. The van der Waals surface area contributed by atoms with E-state index in [0.29, 0.717) is 19.4 Å². The Kier molecular flexibility index (Phi) is 5.70. The van der Waals surface area contributed by atoms with E-state index in [1.165, 1.54) is 5.56 Å². The summed E-state index contributed by atoms with van der Waals surface area (Å²) in [5.41, 5.74) is 8.25. The van der Waals surface area contributed by atoms with Crippen LogP contribution in [0.1, 0.15) is 38.3 Å². The molecular weight excluding hydrogens is 238 g/mol. The zero-order valence-corrected chi connectivity index (χ0v) is 12.4. The highest BCUT2D eigenvalue weighted by atomic mass is 16.5. The Bertz CT molecular complexity index is 404. The maximum absolute atomic E-state index is 11.9. The standard InChI is InChI=1S/C16H25NO2/c1-16(2,3)13-7-5-12(6-8-13)11-15(18)14(17)9-10-19-4/h5-8,14H,9-11,17H2,1-4H3. The van der Waals surface area contributed by atoms with E-state index in [0.717, 1.165) is 5.56 Å². The molecule has 19 heavy (non-hydrogen) atoms. The molecule has 0 saturated carbocycles. The molecule has 0 radical (unpaired) electrons. The van der Waals surface area contributed by atoms with Crippen LogP contribution >= 0.6 is 0 Å². The van der Waals surface area contributed by atoms with E-state index in [1.54, 1.807) is 7.11 Å². The van der Waals surface area contributed by atoms with E-state index in [2.05, 4.69) is 32.9 Å².